The first-order chi connectivity index (χ1) is 15.4. The molecule has 4 aromatic rings. The lowest BCUT2D eigenvalue weighted by atomic mass is 10.0. The van der Waals surface area contributed by atoms with Crippen LogP contribution < -0.4 is 0 Å². The minimum atomic E-state index is -0.338. The standard InChI is InChI=1S/C21H19Cl2N5O3S/c1-12(29)26-6-8-27(9-7-26)17(14-5-4-13(22)11-15(14)23)18-20(30)28-21(32-18)24-19(25-28)16-3-2-10-31-16/h2-5,10-11,17,30H,6-9H2,1H3/t17-/m0/s1. The van der Waals surface area contributed by atoms with E-state index >= 15 is 0 Å². The molecule has 0 radical (unpaired) electrons. The number of fused-ring (bicyclic) bond motifs is 1. The van der Waals surface area contributed by atoms with Gasteiger partial charge in [0.2, 0.25) is 22.6 Å². The van der Waals surface area contributed by atoms with Gasteiger partial charge < -0.3 is 14.4 Å². The Morgan fingerprint density at radius 1 is 1.22 bits per heavy atom. The molecule has 1 atom stereocenters. The van der Waals surface area contributed by atoms with E-state index in [0.29, 0.717) is 57.6 Å². The monoisotopic (exact) mass is 491 g/mol. The van der Waals surface area contributed by atoms with Crippen LogP contribution in [0, 0.1) is 0 Å². The van der Waals surface area contributed by atoms with Crippen LogP contribution in [0.15, 0.2) is 41.0 Å². The Labute approximate surface area is 197 Å². The molecule has 0 spiro atoms. The highest BCUT2D eigenvalue weighted by atomic mass is 35.5. The van der Waals surface area contributed by atoms with E-state index in [2.05, 4.69) is 15.0 Å². The topological polar surface area (TPSA) is 87.1 Å². The first-order valence-corrected chi connectivity index (χ1v) is 11.6. The Morgan fingerprint density at radius 3 is 2.62 bits per heavy atom. The number of halogens is 2. The molecule has 1 N–H and O–H groups in total. The fourth-order valence-electron chi connectivity index (χ4n) is 3.96. The van der Waals surface area contributed by atoms with Crippen LogP contribution in [0.1, 0.15) is 23.4 Å². The number of hydrogen-bond acceptors (Lipinski definition) is 7. The number of amides is 1. The molecule has 1 aliphatic heterocycles. The van der Waals surface area contributed by atoms with Gasteiger partial charge >= 0.3 is 0 Å². The van der Waals surface area contributed by atoms with Crippen LogP contribution in [0.4, 0.5) is 0 Å². The zero-order valence-electron chi connectivity index (χ0n) is 17.0. The quantitative estimate of drug-likeness (QED) is 0.457. The largest absolute Gasteiger partial charge is 0.492 e. The number of rotatable bonds is 4. The van der Waals surface area contributed by atoms with Gasteiger partial charge in [-0.15, -0.1) is 5.10 Å². The average Bonchev–Trinajstić information content (AvgIpc) is 3.49. The normalized spacial score (nSPS) is 16.0. The van der Waals surface area contributed by atoms with Gasteiger partial charge in [0.15, 0.2) is 5.76 Å². The summed E-state index contributed by atoms with van der Waals surface area (Å²) in [5, 5.41) is 16.6. The van der Waals surface area contributed by atoms with E-state index in [4.69, 9.17) is 27.6 Å². The zero-order valence-corrected chi connectivity index (χ0v) is 19.4. The third-order valence-electron chi connectivity index (χ3n) is 5.57. The van der Waals surface area contributed by atoms with E-state index in [9.17, 15) is 9.90 Å². The van der Waals surface area contributed by atoms with Gasteiger partial charge in [0.05, 0.1) is 17.2 Å². The molecule has 1 aliphatic rings. The summed E-state index contributed by atoms with van der Waals surface area (Å²) in [4.78, 5) is 21.5. The third kappa shape index (κ3) is 3.75. The van der Waals surface area contributed by atoms with Crippen LogP contribution in [-0.4, -0.2) is 61.6 Å². The summed E-state index contributed by atoms with van der Waals surface area (Å²) in [7, 11) is 0. The second-order valence-corrected chi connectivity index (χ2v) is 9.36. The van der Waals surface area contributed by atoms with Crippen molar-refractivity contribution in [2.45, 2.75) is 13.0 Å². The first-order valence-electron chi connectivity index (χ1n) is 9.99. The second kappa shape index (κ2) is 8.40. The van der Waals surface area contributed by atoms with Crippen LogP contribution >= 0.6 is 34.5 Å². The molecule has 1 aromatic carbocycles. The maximum absolute atomic E-state index is 11.8. The number of carbonyl (C=O) groups is 1. The van der Waals surface area contributed by atoms with Crippen molar-refractivity contribution in [3.63, 3.8) is 0 Å². The van der Waals surface area contributed by atoms with Crippen LogP contribution in [0.3, 0.4) is 0 Å². The van der Waals surface area contributed by atoms with E-state index in [-0.39, 0.29) is 17.8 Å². The number of nitrogens with zero attached hydrogens (tertiary/aromatic N) is 5. The average molecular weight is 492 g/mol. The smallest absolute Gasteiger partial charge is 0.230 e. The van der Waals surface area contributed by atoms with Crippen LogP contribution in [0.5, 0.6) is 5.88 Å². The Bertz CT molecular complexity index is 1280. The van der Waals surface area contributed by atoms with Gasteiger partial charge in [0, 0.05) is 43.1 Å². The van der Waals surface area contributed by atoms with E-state index in [0.717, 1.165) is 5.56 Å². The molecule has 1 amide bonds. The Morgan fingerprint density at radius 2 is 2.00 bits per heavy atom. The summed E-state index contributed by atoms with van der Waals surface area (Å²) in [5.41, 5.74) is 0.818. The molecular formula is C21H19Cl2N5O3S. The predicted molar refractivity (Wildman–Crippen MR) is 122 cm³/mol. The maximum Gasteiger partial charge on any atom is 0.230 e. The van der Waals surface area contributed by atoms with Gasteiger partial charge in [-0.2, -0.15) is 9.50 Å². The molecule has 0 unspecified atom stereocenters. The van der Waals surface area contributed by atoms with E-state index < -0.39 is 0 Å². The summed E-state index contributed by atoms with van der Waals surface area (Å²) in [6.45, 7) is 4.04. The zero-order chi connectivity index (χ0) is 22.4. The Kier molecular flexibility index (Phi) is 5.58. The van der Waals surface area contributed by atoms with Gasteiger partial charge in [0.25, 0.3) is 0 Å². The number of aromatic hydroxyl groups is 1. The van der Waals surface area contributed by atoms with Crippen molar-refractivity contribution in [1.82, 2.24) is 24.4 Å². The molecule has 0 aliphatic carbocycles. The molecule has 11 heteroatoms. The molecule has 166 valence electrons. The summed E-state index contributed by atoms with van der Waals surface area (Å²) >= 11 is 14.1. The van der Waals surface area contributed by atoms with Crippen molar-refractivity contribution in [2.24, 2.45) is 0 Å². The fourth-order valence-corrected chi connectivity index (χ4v) is 5.58. The molecule has 5 rings (SSSR count). The van der Waals surface area contributed by atoms with Crippen molar-refractivity contribution in [3.05, 3.63) is 57.1 Å². The van der Waals surface area contributed by atoms with Crippen molar-refractivity contribution < 1.29 is 14.3 Å². The minimum Gasteiger partial charge on any atom is -0.492 e. The molecule has 4 heterocycles. The number of benzene rings is 1. The number of hydrogen-bond donors (Lipinski definition) is 1. The molecular weight excluding hydrogens is 473 g/mol. The van der Waals surface area contributed by atoms with Crippen molar-refractivity contribution in [3.8, 4) is 17.5 Å². The van der Waals surface area contributed by atoms with Crippen LogP contribution in [0.25, 0.3) is 16.5 Å². The first kappa shape index (κ1) is 21.3. The van der Waals surface area contributed by atoms with Crippen LogP contribution in [0.2, 0.25) is 10.0 Å². The van der Waals surface area contributed by atoms with E-state index in [1.54, 1.807) is 37.5 Å². The SMILES string of the molecule is CC(=O)N1CCN([C@@H](c2ccc(Cl)cc2Cl)c2sc3nc(-c4ccco4)nn3c2O)CC1. The van der Waals surface area contributed by atoms with E-state index in [1.807, 2.05) is 11.0 Å². The summed E-state index contributed by atoms with van der Waals surface area (Å²) < 4.78 is 6.79. The molecule has 3 aromatic heterocycles. The van der Waals surface area contributed by atoms with Gasteiger partial charge in [-0.1, -0.05) is 40.6 Å². The lowest BCUT2D eigenvalue weighted by Gasteiger charge is -2.39. The molecule has 8 nitrogen and oxygen atoms in total. The Balaban J connectivity index is 1.57. The van der Waals surface area contributed by atoms with Crippen molar-refractivity contribution in [1.29, 1.82) is 0 Å². The highest BCUT2D eigenvalue weighted by Crippen LogP contribution is 2.43. The number of aromatic nitrogens is 3. The highest BCUT2D eigenvalue weighted by Gasteiger charge is 2.33. The number of thiazole rings is 1. The predicted octanol–water partition coefficient (Wildman–Crippen LogP) is 4.32. The maximum atomic E-state index is 11.8. The number of furan rings is 1. The molecule has 1 fully saturated rings. The lowest BCUT2D eigenvalue weighted by molar-refractivity contribution is -0.130. The van der Waals surface area contributed by atoms with Gasteiger partial charge in [-0.05, 0) is 29.8 Å². The molecule has 1 saturated heterocycles. The molecule has 0 bridgehead atoms. The molecule has 32 heavy (non-hydrogen) atoms. The third-order valence-corrected chi connectivity index (χ3v) is 7.21. The van der Waals surface area contributed by atoms with E-state index in [1.165, 1.54) is 15.9 Å². The minimum absolute atomic E-state index is 0.000297. The van der Waals surface area contributed by atoms with Gasteiger partial charge in [-0.25, -0.2) is 0 Å². The van der Waals surface area contributed by atoms with Gasteiger partial charge in [0.1, 0.15) is 0 Å². The lowest BCUT2D eigenvalue weighted by Crippen LogP contribution is -2.49. The highest BCUT2D eigenvalue weighted by molar-refractivity contribution is 7.17. The molecule has 0 saturated carbocycles. The summed E-state index contributed by atoms with van der Waals surface area (Å²) in [6.07, 6.45) is 1.55. The summed E-state index contributed by atoms with van der Waals surface area (Å²) in [6, 6.07) is 8.53. The van der Waals surface area contributed by atoms with Crippen LogP contribution in [-0.2, 0) is 4.79 Å². The van der Waals surface area contributed by atoms with Gasteiger partial charge in [-0.3, -0.25) is 9.69 Å². The Hall–Kier alpha value is -2.59. The second-order valence-electron chi connectivity index (χ2n) is 7.51. The van der Waals surface area contributed by atoms with Crippen molar-refractivity contribution >= 4 is 45.4 Å². The summed E-state index contributed by atoms with van der Waals surface area (Å²) in [5.74, 6) is 0.983. The number of carbonyl (C=O) groups excluding carboxylic acids is 1. The van der Waals surface area contributed by atoms with Crippen molar-refractivity contribution in [2.75, 3.05) is 26.2 Å². The number of piperazine rings is 1. The fraction of sp³-hybridized carbons (Fsp3) is 0.286.